The van der Waals surface area contributed by atoms with Crippen LogP contribution in [-0.2, 0) is 11.2 Å². The Morgan fingerprint density at radius 1 is 1.12 bits per heavy atom. The molecule has 0 unspecified atom stereocenters. The summed E-state index contributed by atoms with van der Waals surface area (Å²) in [6.45, 7) is 0. The van der Waals surface area contributed by atoms with Crippen molar-refractivity contribution in [2.45, 2.75) is 12.8 Å². The number of benzene rings is 2. The molecule has 0 saturated carbocycles. The Morgan fingerprint density at radius 3 is 2.67 bits per heavy atom. The Bertz CT molecular complexity index is 812. The molecule has 1 N–H and O–H groups in total. The molecule has 5 nitrogen and oxygen atoms in total. The number of hydrogen-bond donors (Lipinski definition) is 1. The van der Waals surface area contributed by atoms with Crippen LogP contribution in [0, 0.1) is 0 Å². The standard InChI is InChI=1S/C19H19N3O2/c1-24-18-10-6-5-9-17(18)21-19(23)12-11-15-13-20-22(14-15)16-7-3-2-4-8-16/h2-10,13-14H,11-12H2,1H3,(H,21,23). The highest BCUT2D eigenvalue weighted by Gasteiger charge is 2.08. The zero-order chi connectivity index (χ0) is 16.8. The lowest BCUT2D eigenvalue weighted by atomic mass is 10.2. The first-order chi connectivity index (χ1) is 11.8. The molecule has 0 atom stereocenters. The molecule has 0 spiro atoms. The van der Waals surface area contributed by atoms with Gasteiger partial charge in [0.15, 0.2) is 0 Å². The Morgan fingerprint density at radius 2 is 1.88 bits per heavy atom. The summed E-state index contributed by atoms with van der Waals surface area (Å²) in [5, 5.41) is 7.22. The minimum Gasteiger partial charge on any atom is -0.495 e. The lowest BCUT2D eigenvalue weighted by Crippen LogP contribution is -2.12. The molecule has 0 aliphatic carbocycles. The number of carbonyl (C=O) groups is 1. The molecule has 0 aliphatic heterocycles. The van der Waals surface area contributed by atoms with E-state index in [-0.39, 0.29) is 5.91 Å². The lowest BCUT2D eigenvalue weighted by molar-refractivity contribution is -0.116. The van der Waals surface area contributed by atoms with Crippen LogP contribution >= 0.6 is 0 Å². The fourth-order valence-corrected chi connectivity index (χ4v) is 2.43. The summed E-state index contributed by atoms with van der Waals surface area (Å²) >= 11 is 0. The third kappa shape index (κ3) is 3.81. The summed E-state index contributed by atoms with van der Waals surface area (Å²) in [6, 6.07) is 17.3. The first-order valence-electron chi connectivity index (χ1n) is 7.78. The number of aryl methyl sites for hydroxylation is 1. The number of anilines is 1. The SMILES string of the molecule is COc1ccccc1NC(=O)CCc1cnn(-c2ccccc2)c1. The molecule has 24 heavy (non-hydrogen) atoms. The number of hydrogen-bond acceptors (Lipinski definition) is 3. The Labute approximate surface area is 140 Å². The van der Waals surface area contributed by atoms with Gasteiger partial charge in [0, 0.05) is 12.6 Å². The molecule has 3 rings (SSSR count). The predicted molar refractivity (Wildman–Crippen MR) is 93.5 cm³/mol. The highest BCUT2D eigenvalue weighted by Crippen LogP contribution is 2.23. The van der Waals surface area contributed by atoms with Crippen molar-refractivity contribution in [1.82, 2.24) is 9.78 Å². The lowest BCUT2D eigenvalue weighted by Gasteiger charge is -2.09. The summed E-state index contributed by atoms with van der Waals surface area (Å²) in [7, 11) is 1.59. The molecule has 2 aromatic carbocycles. The summed E-state index contributed by atoms with van der Waals surface area (Å²) in [6.07, 6.45) is 4.77. The van der Waals surface area contributed by atoms with Crippen LogP contribution in [0.1, 0.15) is 12.0 Å². The second-order valence-electron chi connectivity index (χ2n) is 5.38. The predicted octanol–water partition coefficient (Wildman–Crippen LogP) is 3.45. The van der Waals surface area contributed by atoms with Gasteiger partial charge in [-0.2, -0.15) is 5.10 Å². The second kappa shape index (κ2) is 7.46. The van der Waals surface area contributed by atoms with Gasteiger partial charge in [0.25, 0.3) is 0 Å². The van der Waals surface area contributed by atoms with E-state index in [0.717, 1.165) is 11.3 Å². The quantitative estimate of drug-likeness (QED) is 0.756. The van der Waals surface area contributed by atoms with Gasteiger partial charge in [0.05, 0.1) is 24.7 Å². The van der Waals surface area contributed by atoms with Gasteiger partial charge in [-0.05, 0) is 36.2 Å². The smallest absolute Gasteiger partial charge is 0.224 e. The van der Waals surface area contributed by atoms with Crippen molar-refractivity contribution < 1.29 is 9.53 Å². The minimum atomic E-state index is -0.0491. The molecular weight excluding hydrogens is 302 g/mol. The number of rotatable bonds is 6. The third-order valence-corrected chi connectivity index (χ3v) is 3.68. The van der Waals surface area contributed by atoms with Gasteiger partial charge in [0.2, 0.25) is 5.91 Å². The molecule has 1 aromatic heterocycles. The average Bonchev–Trinajstić information content (AvgIpc) is 3.10. The van der Waals surface area contributed by atoms with E-state index in [1.54, 1.807) is 13.3 Å². The van der Waals surface area contributed by atoms with E-state index in [2.05, 4.69) is 10.4 Å². The van der Waals surface area contributed by atoms with Crippen molar-refractivity contribution in [3.05, 3.63) is 72.6 Å². The molecule has 0 radical (unpaired) electrons. The fraction of sp³-hybridized carbons (Fsp3) is 0.158. The van der Waals surface area contributed by atoms with E-state index in [1.165, 1.54) is 0 Å². The zero-order valence-electron chi connectivity index (χ0n) is 13.5. The van der Waals surface area contributed by atoms with Gasteiger partial charge < -0.3 is 10.1 Å². The fourth-order valence-electron chi connectivity index (χ4n) is 2.43. The van der Waals surface area contributed by atoms with Crippen molar-refractivity contribution in [3.8, 4) is 11.4 Å². The number of nitrogens with one attached hydrogen (secondary N) is 1. The van der Waals surface area contributed by atoms with Crippen molar-refractivity contribution in [3.63, 3.8) is 0 Å². The van der Waals surface area contributed by atoms with Crippen molar-refractivity contribution in [2.75, 3.05) is 12.4 Å². The van der Waals surface area contributed by atoms with Crippen molar-refractivity contribution in [2.24, 2.45) is 0 Å². The monoisotopic (exact) mass is 321 g/mol. The van der Waals surface area contributed by atoms with Crippen molar-refractivity contribution in [1.29, 1.82) is 0 Å². The average molecular weight is 321 g/mol. The number of para-hydroxylation sites is 3. The second-order valence-corrected chi connectivity index (χ2v) is 5.38. The van der Waals surface area contributed by atoms with Gasteiger partial charge >= 0.3 is 0 Å². The topological polar surface area (TPSA) is 56.1 Å². The maximum absolute atomic E-state index is 12.1. The number of carbonyl (C=O) groups excluding carboxylic acids is 1. The Hall–Kier alpha value is -3.08. The number of nitrogens with zero attached hydrogens (tertiary/aromatic N) is 2. The Balaban J connectivity index is 1.58. The van der Waals surface area contributed by atoms with E-state index in [0.29, 0.717) is 24.3 Å². The minimum absolute atomic E-state index is 0.0491. The molecule has 3 aromatic rings. The van der Waals surface area contributed by atoms with Crippen LogP contribution < -0.4 is 10.1 Å². The van der Waals surface area contributed by atoms with Gasteiger partial charge in [-0.15, -0.1) is 0 Å². The van der Waals surface area contributed by atoms with Gasteiger partial charge in [-0.3, -0.25) is 4.79 Å². The van der Waals surface area contributed by atoms with E-state index in [1.807, 2.05) is 65.5 Å². The largest absolute Gasteiger partial charge is 0.495 e. The van der Waals surface area contributed by atoms with E-state index >= 15 is 0 Å². The number of ether oxygens (including phenoxy) is 1. The van der Waals surface area contributed by atoms with Crippen LogP contribution in [0.4, 0.5) is 5.69 Å². The van der Waals surface area contributed by atoms with Crippen LogP contribution in [0.5, 0.6) is 5.75 Å². The summed E-state index contributed by atoms with van der Waals surface area (Å²) in [4.78, 5) is 12.1. The maximum Gasteiger partial charge on any atom is 0.224 e. The molecule has 0 bridgehead atoms. The van der Waals surface area contributed by atoms with Crippen LogP contribution in [0.25, 0.3) is 5.69 Å². The van der Waals surface area contributed by atoms with Crippen LogP contribution in [0.15, 0.2) is 67.0 Å². The van der Waals surface area contributed by atoms with Crippen LogP contribution in [-0.4, -0.2) is 22.8 Å². The highest BCUT2D eigenvalue weighted by atomic mass is 16.5. The van der Waals surface area contributed by atoms with E-state index < -0.39 is 0 Å². The molecule has 0 saturated heterocycles. The van der Waals surface area contributed by atoms with Gasteiger partial charge in [-0.1, -0.05) is 30.3 Å². The van der Waals surface area contributed by atoms with Crippen LogP contribution in [0.3, 0.4) is 0 Å². The molecule has 1 amide bonds. The normalized spacial score (nSPS) is 10.4. The maximum atomic E-state index is 12.1. The number of aromatic nitrogens is 2. The molecule has 5 heteroatoms. The van der Waals surface area contributed by atoms with E-state index in [4.69, 9.17) is 4.74 Å². The van der Waals surface area contributed by atoms with Crippen LogP contribution in [0.2, 0.25) is 0 Å². The highest BCUT2D eigenvalue weighted by molar-refractivity contribution is 5.92. The number of methoxy groups -OCH3 is 1. The number of amides is 1. The third-order valence-electron chi connectivity index (χ3n) is 3.68. The molecule has 0 fully saturated rings. The molecule has 122 valence electrons. The van der Waals surface area contributed by atoms with Gasteiger partial charge in [-0.25, -0.2) is 4.68 Å². The molecular formula is C19H19N3O2. The van der Waals surface area contributed by atoms with Gasteiger partial charge in [0.1, 0.15) is 5.75 Å². The zero-order valence-corrected chi connectivity index (χ0v) is 13.5. The van der Waals surface area contributed by atoms with Crippen molar-refractivity contribution >= 4 is 11.6 Å². The summed E-state index contributed by atoms with van der Waals surface area (Å²) < 4.78 is 7.05. The summed E-state index contributed by atoms with van der Waals surface area (Å²) in [5.74, 6) is 0.606. The first kappa shape index (κ1) is 15.8. The summed E-state index contributed by atoms with van der Waals surface area (Å²) in [5.41, 5.74) is 2.71. The Kier molecular flexibility index (Phi) is 4.91. The molecule has 1 heterocycles. The first-order valence-corrected chi connectivity index (χ1v) is 7.78. The van der Waals surface area contributed by atoms with E-state index in [9.17, 15) is 4.79 Å². The molecule has 0 aliphatic rings.